The van der Waals surface area contributed by atoms with Gasteiger partial charge in [0.15, 0.2) is 17.4 Å². The van der Waals surface area contributed by atoms with E-state index in [1.165, 1.54) is 11.8 Å². The molecule has 2 rings (SSSR count). The molecule has 0 aliphatic heterocycles. The Balaban J connectivity index is 2.69. The van der Waals surface area contributed by atoms with Crippen LogP contribution in [0, 0.1) is 18.6 Å². The minimum Gasteiger partial charge on any atom is -0.456 e. The molecule has 0 saturated heterocycles. The number of aryl methyl sites for hydroxylation is 1. The molecular formula is C11H7ClF5NO. The summed E-state index contributed by atoms with van der Waals surface area (Å²) in [5, 5.41) is -0.0614. The van der Waals surface area contributed by atoms with Gasteiger partial charge in [0.25, 0.3) is 0 Å². The maximum atomic E-state index is 13.4. The van der Waals surface area contributed by atoms with Gasteiger partial charge in [-0.05, 0) is 24.8 Å². The van der Waals surface area contributed by atoms with Crippen LogP contribution < -0.4 is 4.84 Å². The average molecular weight is 300 g/mol. The molecule has 0 aliphatic carbocycles. The van der Waals surface area contributed by atoms with E-state index in [9.17, 15) is 22.0 Å². The van der Waals surface area contributed by atoms with Crippen molar-refractivity contribution in [2.24, 2.45) is 0 Å². The van der Waals surface area contributed by atoms with Gasteiger partial charge in [-0.15, -0.1) is 0 Å². The van der Waals surface area contributed by atoms with Crippen LogP contribution >= 0.6 is 11.8 Å². The second-order valence-corrected chi connectivity index (χ2v) is 4.16. The highest BCUT2D eigenvalue weighted by molar-refractivity contribution is 6.13. The quantitative estimate of drug-likeness (QED) is 0.658. The zero-order chi connectivity index (χ0) is 14.4. The van der Waals surface area contributed by atoms with E-state index in [1.54, 1.807) is 0 Å². The summed E-state index contributed by atoms with van der Waals surface area (Å²) < 4.78 is 69.5. The van der Waals surface area contributed by atoms with E-state index in [-0.39, 0.29) is 10.9 Å². The van der Waals surface area contributed by atoms with Crippen molar-refractivity contribution >= 4 is 22.7 Å². The molecule has 8 heteroatoms. The van der Waals surface area contributed by atoms with Gasteiger partial charge in [-0.3, -0.25) is 0 Å². The Bertz CT molecular complexity index is 622. The smallest absolute Gasteiger partial charge is 0.412 e. The molecule has 0 spiro atoms. The highest BCUT2D eigenvalue weighted by Gasteiger charge is 2.44. The maximum Gasteiger partial charge on any atom is 0.412 e. The molecule has 0 saturated carbocycles. The number of benzene rings is 1. The van der Waals surface area contributed by atoms with Crippen LogP contribution in [-0.4, -0.2) is 6.18 Å². The third-order valence-corrected chi connectivity index (χ3v) is 2.91. The summed E-state index contributed by atoms with van der Waals surface area (Å²) in [5.74, 6) is -2.57. The molecule has 0 bridgehead atoms. The van der Waals surface area contributed by atoms with Gasteiger partial charge >= 0.3 is 6.18 Å². The molecule has 1 aromatic heterocycles. The second-order valence-electron chi connectivity index (χ2n) is 3.94. The molecule has 0 fully saturated rings. The minimum absolute atomic E-state index is 0.0242. The molecule has 1 heterocycles. The summed E-state index contributed by atoms with van der Waals surface area (Å²) in [7, 11) is 0. The summed E-state index contributed by atoms with van der Waals surface area (Å²) in [4.78, 5) is 1.53. The number of halogens is 6. The topological polar surface area (TPSA) is 25.2 Å². The van der Waals surface area contributed by atoms with Crippen molar-refractivity contribution in [2.75, 3.05) is 0 Å². The molecule has 19 heavy (non-hydrogen) atoms. The zero-order valence-corrected chi connectivity index (χ0v) is 10.2. The summed E-state index contributed by atoms with van der Waals surface area (Å²) >= 11 is 5.06. The Hall–Kier alpha value is -1.34. The van der Waals surface area contributed by atoms with E-state index >= 15 is 0 Å². The predicted octanol–water partition coefficient (Wildman–Crippen LogP) is 4.37. The van der Waals surface area contributed by atoms with E-state index < -0.39 is 35.2 Å². The van der Waals surface area contributed by atoms with E-state index in [4.69, 9.17) is 16.2 Å². The first-order valence-electron chi connectivity index (χ1n) is 5.06. The molecule has 0 unspecified atom stereocenters. The third kappa shape index (κ3) is 2.40. The molecule has 2 nitrogen and oxygen atoms in total. The molecule has 1 N–H and O–H groups in total. The van der Waals surface area contributed by atoms with Crippen LogP contribution in [0.2, 0.25) is 0 Å². The summed E-state index contributed by atoms with van der Waals surface area (Å²) in [6, 6.07) is -0.863. The molecule has 0 amide bonds. The lowest BCUT2D eigenvalue weighted by Crippen LogP contribution is -2.29. The SMILES string of the molecule is Cc1c([C@@H](NCl)C(F)(F)F)oc2c(F)cc(F)cc12. The zero-order valence-electron chi connectivity index (χ0n) is 9.41. The van der Waals surface area contributed by atoms with Crippen molar-refractivity contribution < 1.29 is 26.4 Å². The fraction of sp³-hybridized carbons (Fsp3) is 0.273. The number of alkyl halides is 3. The van der Waals surface area contributed by atoms with E-state index in [0.29, 0.717) is 6.07 Å². The number of furan rings is 1. The van der Waals surface area contributed by atoms with Gasteiger partial charge in [0.1, 0.15) is 11.6 Å². The Labute approximate surface area is 109 Å². The van der Waals surface area contributed by atoms with Crippen LogP contribution in [0.3, 0.4) is 0 Å². The molecule has 104 valence electrons. The lowest BCUT2D eigenvalue weighted by atomic mass is 10.1. The van der Waals surface area contributed by atoms with Crippen molar-refractivity contribution in [3.63, 3.8) is 0 Å². The first kappa shape index (κ1) is 14.1. The normalized spacial score (nSPS) is 14.1. The van der Waals surface area contributed by atoms with Gasteiger partial charge in [-0.1, -0.05) is 0 Å². The molecule has 1 atom stereocenters. The van der Waals surface area contributed by atoms with Crippen LogP contribution in [0.15, 0.2) is 16.5 Å². The van der Waals surface area contributed by atoms with E-state index in [1.807, 2.05) is 0 Å². The van der Waals surface area contributed by atoms with Gasteiger partial charge in [-0.25, -0.2) is 13.6 Å². The third-order valence-electron chi connectivity index (χ3n) is 2.69. The van der Waals surface area contributed by atoms with Crippen LogP contribution in [-0.2, 0) is 0 Å². The first-order chi connectivity index (χ1) is 8.75. The van der Waals surface area contributed by atoms with Gasteiger partial charge in [0.05, 0.1) is 0 Å². The first-order valence-corrected chi connectivity index (χ1v) is 5.44. The largest absolute Gasteiger partial charge is 0.456 e. The number of hydrogen-bond donors (Lipinski definition) is 1. The van der Waals surface area contributed by atoms with Crippen LogP contribution in [0.1, 0.15) is 17.4 Å². The second kappa shape index (κ2) is 4.64. The Morgan fingerprint density at radius 3 is 2.42 bits per heavy atom. The van der Waals surface area contributed by atoms with Gasteiger partial charge in [-0.2, -0.15) is 13.2 Å². The van der Waals surface area contributed by atoms with Crippen LogP contribution in [0.5, 0.6) is 0 Å². The average Bonchev–Trinajstić information content (AvgIpc) is 2.57. The number of hydrogen-bond acceptors (Lipinski definition) is 2. The van der Waals surface area contributed by atoms with Gasteiger partial charge < -0.3 is 4.42 Å². The molecule has 0 radical (unpaired) electrons. The van der Waals surface area contributed by atoms with Crippen molar-refractivity contribution in [1.29, 1.82) is 0 Å². The van der Waals surface area contributed by atoms with Crippen LogP contribution in [0.4, 0.5) is 22.0 Å². The highest BCUT2D eigenvalue weighted by Crippen LogP contribution is 2.39. The van der Waals surface area contributed by atoms with Crippen LogP contribution in [0.25, 0.3) is 11.0 Å². The van der Waals surface area contributed by atoms with E-state index in [0.717, 1.165) is 6.07 Å². The molecule has 2 aromatic rings. The molecule has 1 aromatic carbocycles. The van der Waals surface area contributed by atoms with Crippen molar-refractivity contribution in [2.45, 2.75) is 19.1 Å². The number of nitrogens with one attached hydrogen (secondary N) is 1. The number of rotatable bonds is 2. The Morgan fingerprint density at radius 1 is 1.26 bits per heavy atom. The fourth-order valence-corrected chi connectivity index (χ4v) is 2.02. The lowest BCUT2D eigenvalue weighted by Gasteiger charge is -2.16. The number of fused-ring (bicyclic) bond motifs is 1. The summed E-state index contributed by atoms with van der Waals surface area (Å²) in [5.41, 5.74) is -0.459. The van der Waals surface area contributed by atoms with Gasteiger partial charge in [0, 0.05) is 17.0 Å². The fourth-order valence-electron chi connectivity index (χ4n) is 1.80. The lowest BCUT2D eigenvalue weighted by molar-refractivity contribution is -0.156. The minimum atomic E-state index is -4.73. The highest BCUT2D eigenvalue weighted by atomic mass is 35.5. The van der Waals surface area contributed by atoms with Crippen molar-refractivity contribution in [3.8, 4) is 0 Å². The molecule has 0 aliphatic rings. The predicted molar refractivity (Wildman–Crippen MR) is 58.7 cm³/mol. The monoisotopic (exact) mass is 299 g/mol. The molecular weight excluding hydrogens is 293 g/mol. The summed E-state index contributed by atoms with van der Waals surface area (Å²) in [6.45, 7) is 1.27. The Morgan fingerprint density at radius 2 is 1.89 bits per heavy atom. The van der Waals surface area contributed by atoms with Crippen molar-refractivity contribution in [3.05, 3.63) is 35.1 Å². The van der Waals surface area contributed by atoms with E-state index in [2.05, 4.69) is 0 Å². The van der Waals surface area contributed by atoms with Crippen molar-refractivity contribution in [1.82, 2.24) is 4.84 Å². The van der Waals surface area contributed by atoms with Gasteiger partial charge in [0.2, 0.25) is 0 Å². The Kier molecular flexibility index (Phi) is 3.44. The standard InChI is InChI=1S/C11H7ClF5NO/c1-4-6-2-5(13)3-7(14)9(6)19-8(4)10(18-12)11(15,16)17/h2-3,10,18H,1H3/t10-/m1/s1. The summed E-state index contributed by atoms with van der Waals surface area (Å²) in [6.07, 6.45) is -4.73. The maximum absolute atomic E-state index is 13.4.